The highest BCUT2D eigenvalue weighted by atomic mass is 16.5. The van der Waals surface area contributed by atoms with Gasteiger partial charge in [-0.25, -0.2) is 4.98 Å². The Labute approximate surface area is 102 Å². The summed E-state index contributed by atoms with van der Waals surface area (Å²) in [5.74, 6) is 1.79. The van der Waals surface area contributed by atoms with E-state index in [0.717, 1.165) is 34.6 Å². The Balaban J connectivity index is 2.58. The predicted molar refractivity (Wildman–Crippen MR) is 71.8 cm³/mol. The number of para-hydroxylation sites is 1. The number of hydrogen-bond acceptors (Lipinski definition) is 3. The first kappa shape index (κ1) is 11.7. The lowest BCUT2D eigenvalue weighted by Gasteiger charge is -2.11. The number of aryl methyl sites for hydroxylation is 1. The van der Waals surface area contributed by atoms with Crippen LogP contribution in [0.4, 0.5) is 5.82 Å². The second-order valence-corrected chi connectivity index (χ2v) is 3.95. The quantitative estimate of drug-likeness (QED) is 0.874. The maximum Gasteiger partial charge on any atom is 0.145 e. The molecular formula is C14H18N2O. The van der Waals surface area contributed by atoms with Crippen LogP contribution in [-0.4, -0.2) is 18.1 Å². The van der Waals surface area contributed by atoms with Crippen molar-refractivity contribution in [2.45, 2.75) is 20.8 Å². The fourth-order valence-electron chi connectivity index (χ4n) is 1.90. The molecule has 0 unspecified atom stereocenters. The Hall–Kier alpha value is -1.77. The summed E-state index contributed by atoms with van der Waals surface area (Å²) in [6, 6.07) is 8.17. The largest absolute Gasteiger partial charge is 0.492 e. The Bertz CT molecular complexity index is 523. The summed E-state index contributed by atoms with van der Waals surface area (Å²) in [6.07, 6.45) is 0. The Morgan fingerprint density at radius 3 is 2.82 bits per heavy atom. The monoisotopic (exact) mass is 230 g/mol. The number of hydrogen-bond donors (Lipinski definition) is 1. The smallest absolute Gasteiger partial charge is 0.145 e. The minimum Gasteiger partial charge on any atom is -0.492 e. The number of benzene rings is 1. The van der Waals surface area contributed by atoms with E-state index in [-0.39, 0.29) is 0 Å². The molecular weight excluding hydrogens is 212 g/mol. The SMILES string of the molecule is CCNc1nc2c(OCC)cccc2cc1C. The molecule has 0 fully saturated rings. The average molecular weight is 230 g/mol. The zero-order valence-electron chi connectivity index (χ0n) is 10.6. The van der Waals surface area contributed by atoms with Crippen molar-refractivity contribution in [3.8, 4) is 5.75 Å². The molecule has 3 heteroatoms. The summed E-state index contributed by atoms with van der Waals surface area (Å²) < 4.78 is 5.60. The topological polar surface area (TPSA) is 34.2 Å². The minimum absolute atomic E-state index is 0.658. The van der Waals surface area contributed by atoms with Gasteiger partial charge in [-0.2, -0.15) is 0 Å². The second kappa shape index (κ2) is 5.04. The highest BCUT2D eigenvalue weighted by Crippen LogP contribution is 2.27. The number of rotatable bonds is 4. The van der Waals surface area contributed by atoms with Gasteiger partial charge in [-0.1, -0.05) is 12.1 Å². The van der Waals surface area contributed by atoms with Crippen molar-refractivity contribution in [2.75, 3.05) is 18.5 Å². The van der Waals surface area contributed by atoms with E-state index in [2.05, 4.69) is 36.3 Å². The number of fused-ring (bicyclic) bond motifs is 1. The molecule has 0 saturated carbocycles. The Morgan fingerprint density at radius 1 is 1.29 bits per heavy atom. The number of pyridine rings is 1. The molecule has 0 atom stereocenters. The van der Waals surface area contributed by atoms with Crippen molar-refractivity contribution in [1.82, 2.24) is 4.98 Å². The van der Waals surface area contributed by atoms with Crippen LogP contribution in [-0.2, 0) is 0 Å². The van der Waals surface area contributed by atoms with Gasteiger partial charge in [0.2, 0.25) is 0 Å². The zero-order chi connectivity index (χ0) is 12.3. The first-order valence-corrected chi connectivity index (χ1v) is 6.03. The molecule has 1 heterocycles. The molecule has 3 nitrogen and oxygen atoms in total. The van der Waals surface area contributed by atoms with Gasteiger partial charge in [0.15, 0.2) is 0 Å². The van der Waals surface area contributed by atoms with Crippen LogP contribution >= 0.6 is 0 Å². The number of aromatic nitrogens is 1. The van der Waals surface area contributed by atoms with Crippen LogP contribution in [0.1, 0.15) is 19.4 Å². The Morgan fingerprint density at radius 2 is 2.12 bits per heavy atom. The summed E-state index contributed by atoms with van der Waals surface area (Å²) in [7, 11) is 0. The molecule has 0 bridgehead atoms. The van der Waals surface area contributed by atoms with E-state index in [9.17, 15) is 0 Å². The molecule has 2 aromatic rings. The molecule has 0 radical (unpaired) electrons. The van der Waals surface area contributed by atoms with Crippen molar-refractivity contribution in [3.05, 3.63) is 29.8 Å². The normalized spacial score (nSPS) is 10.5. The van der Waals surface area contributed by atoms with Crippen molar-refractivity contribution in [1.29, 1.82) is 0 Å². The summed E-state index contributed by atoms with van der Waals surface area (Å²) >= 11 is 0. The third-order valence-electron chi connectivity index (χ3n) is 2.64. The van der Waals surface area contributed by atoms with Crippen molar-refractivity contribution in [3.63, 3.8) is 0 Å². The van der Waals surface area contributed by atoms with Gasteiger partial charge < -0.3 is 10.1 Å². The molecule has 0 aliphatic rings. The Kier molecular flexibility index (Phi) is 3.47. The van der Waals surface area contributed by atoms with Crippen LogP contribution in [0, 0.1) is 6.92 Å². The lowest BCUT2D eigenvalue weighted by Crippen LogP contribution is -2.02. The molecule has 17 heavy (non-hydrogen) atoms. The summed E-state index contributed by atoms with van der Waals surface area (Å²) in [4.78, 5) is 4.65. The highest BCUT2D eigenvalue weighted by molar-refractivity contribution is 5.86. The van der Waals surface area contributed by atoms with Crippen LogP contribution in [0.2, 0.25) is 0 Å². The molecule has 1 aromatic carbocycles. The predicted octanol–water partition coefficient (Wildman–Crippen LogP) is 3.37. The van der Waals surface area contributed by atoms with Gasteiger partial charge in [-0.15, -0.1) is 0 Å². The fraction of sp³-hybridized carbons (Fsp3) is 0.357. The molecule has 0 spiro atoms. The van der Waals surface area contributed by atoms with Gasteiger partial charge in [0.25, 0.3) is 0 Å². The minimum atomic E-state index is 0.658. The van der Waals surface area contributed by atoms with Crippen molar-refractivity contribution in [2.24, 2.45) is 0 Å². The van der Waals surface area contributed by atoms with Crippen molar-refractivity contribution < 1.29 is 4.74 Å². The second-order valence-electron chi connectivity index (χ2n) is 3.95. The summed E-state index contributed by atoms with van der Waals surface area (Å²) in [6.45, 7) is 7.65. The third-order valence-corrected chi connectivity index (χ3v) is 2.64. The summed E-state index contributed by atoms with van der Waals surface area (Å²) in [5, 5.41) is 4.39. The van der Waals surface area contributed by atoms with E-state index in [1.807, 2.05) is 19.1 Å². The van der Waals surface area contributed by atoms with E-state index in [0.29, 0.717) is 6.61 Å². The van der Waals surface area contributed by atoms with Gasteiger partial charge >= 0.3 is 0 Å². The van der Waals surface area contributed by atoms with Crippen molar-refractivity contribution >= 4 is 16.7 Å². The van der Waals surface area contributed by atoms with E-state index in [1.54, 1.807) is 0 Å². The van der Waals surface area contributed by atoms with E-state index < -0.39 is 0 Å². The van der Waals surface area contributed by atoms with Gasteiger partial charge in [0.05, 0.1) is 6.61 Å². The summed E-state index contributed by atoms with van der Waals surface area (Å²) in [5.41, 5.74) is 2.09. The average Bonchev–Trinajstić information content (AvgIpc) is 2.31. The molecule has 0 aliphatic carbocycles. The first-order chi connectivity index (χ1) is 8.26. The molecule has 2 rings (SSSR count). The van der Waals surface area contributed by atoms with Crippen LogP contribution in [0.15, 0.2) is 24.3 Å². The maximum atomic E-state index is 5.60. The van der Waals surface area contributed by atoms with E-state index in [1.165, 1.54) is 0 Å². The van der Waals surface area contributed by atoms with Gasteiger partial charge in [0.1, 0.15) is 17.1 Å². The van der Waals surface area contributed by atoms with E-state index in [4.69, 9.17) is 4.74 Å². The molecule has 90 valence electrons. The van der Waals surface area contributed by atoms with E-state index >= 15 is 0 Å². The molecule has 0 amide bonds. The molecule has 0 aliphatic heterocycles. The van der Waals surface area contributed by atoms with Gasteiger partial charge in [-0.05, 0) is 38.5 Å². The highest BCUT2D eigenvalue weighted by Gasteiger charge is 2.07. The van der Waals surface area contributed by atoms with Gasteiger partial charge in [0, 0.05) is 11.9 Å². The van der Waals surface area contributed by atoms with Gasteiger partial charge in [-0.3, -0.25) is 0 Å². The standard InChI is InChI=1S/C14H18N2O/c1-4-15-14-10(3)9-11-7-6-8-12(17-5-2)13(11)16-14/h6-9H,4-5H2,1-3H3,(H,15,16). The third kappa shape index (κ3) is 2.33. The zero-order valence-corrected chi connectivity index (χ0v) is 10.6. The number of anilines is 1. The van der Waals surface area contributed by atoms with Crippen LogP contribution in [0.25, 0.3) is 10.9 Å². The van der Waals surface area contributed by atoms with Crippen LogP contribution in [0.3, 0.4) is 0 Å². The first-order valence-electron chi connectivity index (χ1n) is 6.03. The molecule has 0 saturated heterocycles. The lowest BCUT2D eigenvalue weighted by molar-refractivity contribution is 0.343. The lowest BCUT2D eigenvalue weighted by atomic mass is 10.1. The molecule has 1 N–H and O–H groups in total. The number of nitrogens with zero attached hydrogens (tertiary/aromatic N) is 1. The number of nitrogens with one attached hydrogen (secondary N) is 1. The van der Waals surface area contributed by atoms with Crippen LogP contribution in [0.5, 0.6) is 5.75 Å². The van der Waals surface area contributed by atoms with Crippen LogP contribution < -0.4 is 10.1 Å². The molecule has 1 aromatic heterocycles. The number of ether oxygens (including phenoxy) is 1. The maximum absolute atomic E-state index is 5.60. The fourth-order valence-corrected chi connectivity index (χ4v) is 1.90.